The molecule has 5 nitrogen and oxygen atoms in total. The number of rotatable bonds is 3. The van der Waals surface area contributed by atoms with E-state index in [9.17, 15) is 9.90 Å². The third kappa shape index (κ3) is 2.75. The normalized spacial score (nSPS) is 28.1. The molecule has 1 heterocycles. The minimum absolute atomic E-state index is 0.0538. The zero-order valence-electron chi connectivity index (χ0n) is 10.4. The summed E-state index contributed by atoms with van der Waals surface area (Å²) in [5, 5.41) is 12.9. The van der Waals surface area contributed by atoms with Gasteiger partial charge in [0.25, 0.3) is 5.56 Å². The quantitative estimate of drug-likeness (QED) is 0.796. The molecule has 0 amide bonds. The van der Waals surface area contributed by atoms with E-state index in [2.05, 4.69) is 38.1 Å². The van der Waals surface area contributed by atoms with Crippen molar-refractivity contribution in [2.75, 3.05) is 11.9 Å². The smallest absolute Gasteiger partial charge is 0.267 e. The maximum absolute atomic E-state index is 11.5. The lowest BCUT2D eigenvalue weighted by Gasteiger charge is -2.39. The molecule has 1 aliphatic rings. The van der Waals surface area contributed by atoms with Crippen molar-refractivity contribution in [1.82, 2.24) is 9.97 Å². The number of H-pyrrole nitrogens is 1. The van der Waals surface area contributed by atoms with Gasteiger partial charge in [0.15, 0.2) is 0 Å². The molecule has 0 aromatic carbocycles. The van der Waals surface area contributed by atoms with Gasteiger partial charge in [0.2, 0.25) is 0 Å². The van der Waals surface area contributed by atoms with E-state index in [1.165, 1.54) is 12.7 Å². The summed E-state index contributed by atoms with van der Waals surface area (Å²) in [6.45, 7) is 2.24. The first kappa shape index (κ1) is 13.5. The lowest BCUT2D eigenvalue weighted by molar-refractivity contribution is 0.149. The van der Waals surface area contributed by atoms with Gasteiger partial charge in [-0.05, 0) is 34.7 Å². The molecule has 0 saturated heterocycles. The minimum atomic E-state index is -0.360. The van der Waals surface area contributed by atoms with Gasteiger partial charge in [0.1, 0.15) is 10.3 Å². The van der Waals surface area contributed by atoms with Gasteiger partial charge in [0.05, 0.1) is 18.5 Å². The number of nitrogens with one attached hydrogen (secondary N) is 2. The fourth-order valence-electron chi connectivity index (χ4n) is 2.68. The number of anilines is 1. The van der Waals surface area contributed by atoms with Crippen molar-refractivity contribution in [1.29, 1.82) is 0 Å². The first-order valence-corrected chi connectivity index (χ1v) is 6.98. The van der Waals surface area contributed by atoms with E-state index >= 15 is 0 Å². The van der Waals surface area contributed by atoms with Crippen LogP contribution in [0, 0.1) is 5.92 Å². The van der Waals surface area contributed by atoms with Crippen LogP contribution in [0.2, 0.25) is 0 Å². The van der Waals surface area contributed by atoms with Gasteiger partial charge < -0.3 is 15.4 Å². The molecule has 0 spiro atoms. The van der Waals surface area contributed by atoms with Gasteiger partial charge in [-0.25, -0.2) is 4.98 Å². The highest BCUT2D eigenvalue weighted by molar-refractivity contribution is 9.10. The number of aromatic nitrogens is 2. The zero-order valence-corrected chi connectivity index (χ0v) is 12.0. The Bertz CT molecular complexity index is 477. The molecule has 1 aromatic heterocycles. The van der Waals surface area contributed by atoms with Crippen molar-refractivity contribution in [2.45, 2.75) is 38.1 Å². The van der Waals surface area contributed by atoms with E-state index in [1.54, 1.807) is 0 Å². The van der Waals surface area contributed by atoms with Crippen LogP contribution in [-0.2, 0) is 0 Å². The highest BCUT2D eigenvalue weighted by atomic mass is 79.9. The van der Waals surface area contributed by atoms with E-state index in [1.807, 2.05) is 0 Å². The fourth-order valence-corrected chi connectivity index (χ4v) is 2.99. The number of hydrogen-bond acceptors (Lipinski definition) is 4. The van der Waals surface area contributed by atoms with E-state index in [0.717, 1.165) is 19.3 Å². The Morgan fingerprint density at radius 1 is 1.72 bits per heavy atom. The molecule has 2 rings (SSSR count). The highest BCUT2D eigenvalue weighted by Crippen LogP contribution is 2.35. The van der Waals surface area contributed by atoms with Crippen molar-refractivity contribution >= 4 is 21.7 Å². The van der Waals surface area contributed by atoms with Crippen LogP contribution in [-0.4, -0.2) is 27.2 Å². The molecule has 3 N–H and O–H groups in total. The van der Waals surface area contributed by atoms with Crippen molar-refractivity contribution in [2.24, 2.45) is 5.92 Å². The Kier molecular flexibility index (Phi) is 4.07. The van der Waals surface area contributed by atoms with Crippen LogP contribution < -0.4 is 10.9 Å². The first-order valence-electron chi connectivity index (χ1n) is 6.18. The second-order valence-electron chi connectivity index (χ2n) is 5.16. The Morgan fingerprint density at radius 3 is 3.17 bits per heavy atom. The molecule has 0 radical (unpaired) electrons. The van der Waals surface area contributed by atoms with Crippen LogP contribution in [0.25, 0.3) is 0 Å². The lowest BCUT2D eigenvalue weighted by atomic mass is 9.77. The minimum Gasteiger partial charge on any atom is -0.394 e. The van der Waals surface area contributed by atoms with Crippen molar-refractivity contribution in [3.63, 3.8) is 0 Å². The first-order chi connectivity index (χ1) is 8.56. The predicted octanol–water partition coefficient (Wildman–Crippen LogP) is 1.89. The van der Waals surface area contributed by atoms with Crippen molar-refractivity contribution < 1.29 is 5.11 Å². The maximum atomic E-state index is 11.5. The molecule has 1 fully saturated rings. The number of hydrogen-bond donors (Lipinski definition) is 3. The van der Waals surface area contributed by atoms with Crippen LogP contribution in [0.3, 0.4) is 0 Å². The third-order valence-electron chi connectivity index (χ3n) is 3.57. The summed E-state index contributed by atoms with van der Waals surface area (Å²) in [7, 11) is 0. The number of aliphatic hydroxyl groups excluding tert-OH is 1. The molecule has 6 heteroatoms. The summed E-state index contributed by atoms with van der Waals surface area (Å²) >= 11 is 3.23. The molecule has 18 heavy (non-hydrogen) atoms. The van der Waals surface area contributed by atoms with Gasteiger partial charge in [0, 0.05) is 0 Å². The van der Waals surface area contributed by atoms with Crippen molar-refractivity contribution in [3.05, 3.63) is 21.2 Å². The molecule has 2 unspecified atom stereocenters. The van der Waals surface area contributed by atoms with Crippen molar-refractivity contribution in [3.8, 4) is 0 Å². The number of aliphatic hydroxyl groups is 1. The molecule has 1 saturated carbocycles. The molecular formula is C12H18BrN3O2. The lowest BCUT2D eigenvalue weighted by Crippen LogP contribution is -2.46. The second-order valence-corrected chi connectivity index (χ2v) is 5.95. The monoisotopic (exact) mass is 315 g/mol. The van der Waals surface area contributed by atoms with Crippen LogP contribution in [0.4, 0.5) is 5.82 Å². The number of halogens is 1. The summed E-state index contributed by atoms with van der Waals surface area (Å²) in [4.78, 5) is 18.1. The average Bonchev–Trinajstić information content (AvgIpc) is 2.35. The number of nitrogens with zero attached hydrogens (tertiary/aromatic N) is 1. The molecule has 2 atom stereocenters. The van der Waals surface area contributed by atoms with Crippen LogP contribution in [0.1, 0.15) is 32.6 Å². The van der Waals surface area contributed by atoms with E-state index in [0.29, 0.717) is 16.2 Å². The summed E-state index contributed by atoms with van der Waals surface area (Å²) in [6.07, 6.45) is 5.43. The van der Waals surface area contributed by atoms with E-state index in [4.69, 9.17) is 0 Å². The van der Waals surface area contributed by atoms with Gasteiger partial charge in [-0.15, -0.1) is 0 Å². The SMILES string of the molecule is CC1CCCC(CO)(Nc2nc[nH]c(=O)c2Br)C1. The van der Waals surface area contributed by atoms with E-state index in [-0.39, 0.29) is 17.7 Å². The highest BCUT2D eigenvalue weighted by Gasteiger charge is 2.35. The Balaban J connectivity index is 2.24. The standard InChI is InChI=1S/C12H18BrN3O2/c1-8-3-2-4-12(5-8,6-17)16-10-9(13)11(18)15-7-14-10/h7-8,17H,2-6H2,1H3,(H2,14,15,16,18). The maximum Gasteiger partial charge on any atom is 0.267 e. The third-order valence-corrected chi connectivity index (χ3v) is 4.31. The van der Waals surface area contributed by atoms with Gasteiger partial charge in [-0.1, -0.05) is 19.8 Å². The molecule has 0 bridgehead atoms. The molecular weight excluding hydrogens is 298 g/mol. The van der Waals surface area contributed by atoms with Gasteiger partial charge in [-0.3, -0.25) is 4.79 Å². The predicted molar refractivity (Wildman–Crippen MR) is 73.6 cm³/mol. The zero-order chi connectivity index (χ0) is 13.2. The van der Waals surface area contributed by atoms with E-state index < -0.39 is 0 Å². The molecule has 100 valence electrons. The molecule has 0 aliphatic heterocycles. The Morgan fingerprint density at radius 2 is 2.50 bits per heavy atom. The summed E-state index contributed by atoms with van der Waals surface area (Å²) in [5.74, 6) is 1.07. The average molecular weight is 316 g/mol. The fraction of sp³-hybridized carbons (Fsp3) is 0.667. The van der Waals surface area contributed by atoms with Gasteiger partial charge >= 0.3 is 0 Å². The summed E-state index contributed by atoms with van der Waals surface area (Å²) in [5.41, 5.74) is -0.578. The van der Waals surface area contributed by atoms with Crippen LogP contribution >= 0.6 is 15.9 Å². The Labute approximate surface area is 114 Å². The van der Waals surface area contributed by atoms with Gasteiger partial charge in [-0.2, -0.15) is 0 Å². The van der Waals surface area contributed by atoms with Crippen LogP contribution in [0.15, 0.2) is 15.6 Å². The Hall–Kier alpha value is -0.880. The number of aromatic amines is 1. The molecule has 1 aromatic rings. The largest absolute Gasteiger partial charge is 0.394 e. The topological polar surface area (TPSA) is 78.0 Å². The molecule has 1 aliphatic carbocycles. The second kappa shape index (κ2) is 5.40. The summed E-state index contributed by atoms with van der Waals surface area (Å²) < 4.78 is 0.385. The summed E-state index contributed by atoms with van der Waals surface area (Å²) in [6, 6.07) is 0. The van der Waals surface area contributed by atoms with Crippen LogP contribution in [0.5, 0.6) is 0 Å².